The standard InChI is InChI=1S/C24H18F6N4O4S2/c25-23(26,27)17-3-1-2-15(12-17)19-13-20(24(28,29)30)34-22(32-19)16(14-31-34)4-5-18-6-7-21(39-18)40(37,38)33(8-10-35)9-11-36/h1-3,6-7,12-14,35-36H,8-11H2. The Balaban J connectivity index is 1.77. The lowest BCUT2D eigenvalue weighted by Gasteiger charge is -2.18. The van der Waals surface area contributed by atoms with E-state index in [0.717, 1.165) is 34.0 Å². The number of aromatic nitrogens is 3. The van der Waals surface area contributed by atoms with Crippen LogP contribution in [0.15, 0.2) is 52.9 Å². The van der Waals surface area contributed by atoms with Crippen molar-refractivity contribution in [3.63, 3.8) is 0 Å². The van der Waals surface area contributed by atoms with Gasteiger partial charge in [0.2, 0.25) is 0 Å². The van der Waals surface area contributed by atoms with Crippen molar-refractivity contribution >= 4 is 27.0 Å². The fraction of sp³-hybridized carbons (Fsp3) is 0.250. The number of nitrogens with zero attached hydrogens (tertiary/aromatic N) is 4. The van der Waals surface area contributed by atoms with Gasteiger partial charge in [-0.05, 0) is 30.3 Å². The Kier molecular flexibility index (Phi) is 8.24. The Hall–Kier alpha value is -3.49. The van der Waals surface area contributed by atoms with Gasteiger partial charge >= 0.3 is 12.4 Å². The van der Waals surface area contributed by atoms with Crippen molar-refractivity contribution in [3.05, 3.63) is 70.4 Å². The fourth-order valence-corrected chi connectivity index (χ4v) is 6.35. The Morgan fingerprint density at radius 1 is 0.950 bits per heavy atom. The summed E-state index contributed by atoms with van der Waals surface area (Å²) in [5.41, 5.74) is -3.38. The zero-order valence-electron chi connectivity index (χ0n) is 20.0. The molecule has 0 saturated heterocycles. The molecule has 0 atom stereocenters. The monoisotopic (exact) mass is 604 g/mol. The second-order valence-corrected chi connectivity index (χ2v) is 11.4. The number of thiophene rings is 1. The number of sulfonamides is 1. The summed E-state index contributed by atoms with van der Waals surface area (Å²) in [6.07, 6.45) is -8.64. The summed E-state index contributed by atoms with van der Waals surface area (Å²) in [6.45, 7) is -1.43. The summed E-state index contributed by atoms with van der Waals surface area (Å²) in [5, 5.41) is 22.0. The second-order valence-electron chi connectivity index (χ2n) is 8.12. The van der Waals surface area contributed by atoms with Gasteiger partial charge < -0.3 is 10.2 Å². The van der Waals surface area contributed by atoms with Crippen LogP contribution >= 0.6 is 11.3 Å². The first kappa shape index (κ1) is 29.5. The number of hydrogen-bond acceptors (Lipinski definition) is 7. The van der Waals surface area contributed by atoms with Crippen LogP contribution in [-0.2, 0) is 22.4 Å². The molecule has 0 bridgehead atoms. The molecule has 2 N–H and O–H groups in total. The average Bonchev–Trinajstić information content (AvgIpc) is 3.53. The first-order valence-corrected chi connectivity index (χ1v) is 13.5. The Bertz CT molecular complexity index is 1700. The largest absolute Gasteiger partial charge is 0.433 e. The van der Waals surface area contributed by atoms with Gasteiger partial charge in [0.1, 0.15) is 4.21 Å². The molecule has 0 aliphatic heterocycles. The number of rotatable bonds is 7. The Labute approximate surface area is 227 Å². The van der Waals surface area contributed by atoms with Gasteiger partial charge in [-0.2, -0.15) is 35.7 Å². The summed E-state index contributed by atoms with van der Waals surface area (Å²) < 4.78 is 108. The van der Waals surface area contributed by atoms with Crippen molar-refractivity contribution in [1.82, 2.24) is 18.9 Å². The molecule has 40 heavy (non-hydrogen) atoms. The lowest BCUT2D eigenvalue weighted by molar-refractivity contribution is -0.142. The topological polar surface area (TPSA) is 108 Å². The molecule has 0 amide bonds. The highest BCUT2D eigenvalue weighted by atomic mass is 32.2. The van der Waals surface area contributed by atoms with E-state index in [0.29, 0.717) is 16.6 Å². The molecule has 3 heterocycles. The molecular weight excluding hydrogens is 586 g/mol. The van der Waals surface area contributed by atoms with E-state index < -0.39 is 46.8 Å². The van der Waals surface area contributed by atoms with E-state index in [4.69, 9.17) is 10.2 Å². The van der Waals surface area contributed by atoms with Crippen LogP contribution in [0.3, 0.4) is 0 Å². The van der Waals surface area contributed by atoms with Crippen molar-refractivity contribution < 1.29 is 45.0 Å². The van der Waals surface area contributed by atoms with Crippen LogP contribution in [0.5, 0.6) is 0 Å². The van der Waals surface area contributed by atoms with Crippen LogP contribution in [0.1, 0.15) is 21.7 Å². The third-order valence-electron chi connectivity index (χ3n) is 5.44. The van der Waals surface area contributed by atoms with Gasteiger partial charge in [-0.1, -0.05) is 24.0 Å². The van der Waals surface area contributed by atoms with E-state index >= 15 is 0 Å². The minimum Gasteiger partial charge on any atom is -0.395 e. The predicted molar refractivity (Wildman–Crippen MR) is 132 cm³/mol. The third kappa shape index (κ3) is 6.13. The van der Waals surface area contributed by atoms with Crippen molar-refractivity contribution in [2.24, 2.45) is 0 Å². The molecule has 0 spiro atoms. The predicted octanol–water partition coefficient (Wildman–Crippen LogP) is 3.87. The molecule has 0 aliphatic carbocycles. The fourth-order valence-electron chi connectivity index (χ4n) is 3.61. The highest BCUT2D eigenvalue weighted by Gasteiger charge is 2.36. The maximum Gasteiger partial charge on any atom is 0.433 e. The van der Waals surface area contributed by atoms with Crippen molar-refractivity contribution in [2.75, 3.05) is 26.3 Å². The van der Waals surface area contributed by atoms with Gasteiger partial charge in [-0.3, -0.25) is 0 Å². The highest BCUT2D eigenvalue weighted by molar-refractivity contribution is 7.91. The highest BCUT2D eigenvalue weighted by Crippen LogP contribution is 2.35. The zero-order valence-corrected chi connectivity index (χ0v) is 21.7. The number of halogens is 6. The number of hydrogen-bond donors (Lipinski definition) is 2. The van der Waals surface area contributed by atoms with Crippen LogP contribution < -0.4 is 0 Å². The minimum atomic E-state index is -4.93. The average molecular weight is 605 g/mol. The molecule has 16 heteroatoms. The van der Waals surface area contributed by atoms with Gasteiger partial charge in [-0.25, -0.2) is 17.9 Å². The summed E-state index contributed by atoms with van der Waals surface area (Å²) >= 11 is 0.758. The lowest BCUT2D eigenvalue weighted by Crippen LogP contribution is -2.35. The molecule has 4 aromatic rings. The molecule has 3 aromatic heterocycles. The van der Waals surface area contributed by atoms with E-state index in [1.807, 2.05) is 0 Å². The lowest BCUT2D eigenvalue weighted by atomic mass is 10.1. The number of aliphatic hydroxyl groups is 2. The second kappa shape index (κ2) is 11.2. The smallest absolute Gasteiger partial charge is 0.395 e. The zero-order chi connectivity index (χ0) is 29.3. The molecule has 0 radical (unpaired) electrons. The van der Waals surface area contributed by atoms with E-state index in [9.17, 15) is 34.8 Å². The number of benzene rings is 1. The normalized spacial score (nSPS) is 12.6. The first-order valence-electron chi connectivity index (χ1n) is 11.2. The van der Waals surface area contributed by atoms with Gasteiger partial charge in [0.15, 0.2) is 11.3 Å². The maximum absolute atomic E-state index is 13.8. The third-order valence-corrected chi connectivity index (χ3v) is 8.81. The summed E-state index contributed by atoms with van der Waals surface area (Å²) in [7, 11) is -4.05. The first-order chi connectivity index (χ1) is 18.8. The van der Waals surface area contributed by atoms with Gasteiger partial charge in [0.05, 0.1) is 41.1 Å². The van der Waals surface area contributed by atoms with Crippen molar-refractivity contribution in [2.45, 2.75) is 16.6 Å². The van der Waals surface area contributed by atoms with Crippen LogP contribution in [0.25, 0.3) is 16.9 Å². The molecule has 0 unspecified atom stereocenters. The molecule has 1 aromatic carbocycles. The molecule has 0 saturated carbocycles. The van der Waals surface area contributed by atoms with Gasteiger partial charge in [-0.15, -0.1) is 11.3 Å². The molecule has 0 fully saturated rings. The summed E-state index contributed by atoms with van der Waals surface area (Å²) in [4.78, 5) is 4.33. The molecule has 8 nitrogen and oxygen atoms in total. The van der Waals surface area contributed by atoms with Crippen LogP contribution in [-0.4, -0.2) is 63.8 Å². The quantitative estimate of drug-likeness (QED) is 0.245. The number of fused-ring (bicyclic) bond motifs is 1. The summed E-state index contributed by atoms with van der Waals surface area (Å²) in [5.74, 6) is 5.24. The Morgan fingerprint density at radius 2 is 1.65 bits per heavy atom. The van der Waals surface area contributed by atoms with Gasteiger partial charge in [0.25, 0.3) is 10.0 Å². The SMILES string of the molecule is O=S(=O)(c1ccc(C#Cc2cnn3c(C(F)(F)F)cc(-c4cccc(C(F)(F)F)c4)nc23)s1)N(CCO)CCO. The van der Waals surface area contributed by atoms with Gasteiger partial charge in [0, 0.05) is 18.7 Å². The van der Waals surface area contributed by atoms with Crippen LogP contribution in [0.2, 0.25) is 0 Å². The minimum absolute atomic E-state index is 0.0840. The molecular formula is C24H18F6N4O4S2. The number of aliphatic hydroxyl groups excluding tert-OH is 2. The van der Waals surface area contributed by atoms with Crippen molar-refractivity contribution in [1.29, 1.82) is 0 Å². The van der Waals surface area contributed by atoms with Crippen LogP contribution in [0.4, 0.5) is 26.3 Å². The Morgan fingerprint density at radius 3 is 2.27 bits per heavy atom. The van der Waals surface area contributed by atoms with E-state index in [-0.39, 0.29) is 44.6 Å². The van der Waals surface area contributed by atoms with E-state index in [2.05, 4.69) is 21.9 Å². The molecule has 0 aliphatic rings. The maximum atomic E-state index is 13.8. The molecule has 4 rings (SSSR count). The van der Waals surface area contributed by atoms with Crippen molar-refractivity contribution in [3.8, 4) is 23.1 Å². The van der Waals surface area contributed by atoms with E-state index in [1.54, 1.807) is 0 Å². The molecule has 212 valence electrons. The van der Waals surface area contributed by atoms with E-state index in [1.165, 1.54) is 18.2 Å². The number of alkyl halides is 6. The summed E-state index contributed by atoms with van der Waals surface area (Å²) in [6, 6.07) is 6.94. The van der Waals surface area contributed by atoms with Crippen LogP contribution in [0, 0.1) is 11.8 Å².